The summed E-state index contributed by atoms with van der Waals surface area (Å²) in [7, 11) is 0. The lowest BCUT2D eigenvalue weighted by atomic mass is 10.1. The van der Waals surface area contributed by atoms with Gasteiger partial charge in [-0.1, -0.05) is 43.6 Å². The lowest BCUT2D eigenvalue weighted by molar-refractivity contribution is 0.531. The van der Waals surface area contributed by atoms with E-state index in [1.54, 1.807) is 0 Å². The maximum atomic E-state index is 6.10. The van der Waals surface area contributed by atoms with Crippen molar-refractivity contribution in [3.63, 3.8) is 0 Å². The molecule has 1 aromatic rings. The normalized spacial score (nSPS) is 11.1. The number of benzene rings is 1. The molecule has 0 aliphatic heterocycles. The monoisotopic (exact) mass is 268 g/mol. The highest BCUT2D eigenvalue weighted by Gasteiger charge is 1.98. The topological polar surface area (TPSA) is 24.1 Å². The molecular formula is C15H25ClN2. The average Bonchev–Trinajstić information content (AvgIpc) is 2.34. The second-order valence-corrected chi connectivity index (χ2v) is 5.45. The van der Waals surface area contributed by atoms with Crippen LogP contribution in [0.5, 0.6) is 0 Å². The second kappa shape index (κ2) is 9.37. The Kier molecular flexibility index (Phi) is 8.06. The first-order chi connectivity index (χ1) is 8.70. The fourth-order valence-electron chi connectivity index (χ4n) is 1.78. The van der Waals surface area contributed by atoms with Gasteiger partial charge >= 0.3 is 0 Å². The molecule has 0 fully saturated rings. The maximum absolute atomic E-state index is 6.10. The predicted molar refractivity (Wildman–Crippen MR) is 80.4 cm³/mol. The van der Waals surface area contributed by atoms with Gasteiger partial charge in [-0.2, -0.15) is 0 Å². The van der Waals surface area contributed by atoms with Crippen molar-refractivity contribution in [3.8, 4) is 0 Å². The van der Waals surface area contributed by atoms with Gasteiger partial charge in [0, 0.05) is 5.02 Å². The highest BCUT2D eigenvalue weighted by molar-refractivity contribution is 6.31. The minimum Gasteiger partial charge on any atom is -0.316 e. The number of rotatable bonds is 9. The van der Waals surface area contributed by atoms with Gasteiger partial charge in [-0.3, -0.25) is 0 Å². The van der Waals surface area contributed by atoms with Gasteiger partial charge in [-0.25, -0.2) is 0 Å². The van der Waals surface area contributed by atoms with Crippen LogP contribution in [-0.4, -0.2) is 26.2 Å². The number of halogens is 1. The molecule has 1 aromatic carbocycles. The van der Waals surface area contributed by atoms with Gasteiger partial charge in [-0.05, 0) is 56.6 Å². The van der Waals surface area contributed by atoms with E-state index in [9.17, 15) is 0 Å². The van der Waals surface area contributed by atoms with Gasteiger partial charge in [0.1, 0.15) is 0 Å². The van der Waals surface area contributed by atoms with Crippen LogP contribution < -0.4 is 10.6 Å². The zero-order chi connectivity index (χ0) is 13.2. The first-order valence-electron chi connectivity index (χ1n) is 6.85. The van der Waals surface area contributed by atoms with E-state index in [4.69, 9.17) is 11.6 Å². The smallest absolute Gasteiger partial charge is 0.0438 e. The van der Waals surface area contributed by atoms with Crippen molar-refractivity contribution < 1.29 is 0 Å². The van der Waals surface area contributed by atoms with E-state index in [-0.39, 0.29) is 0 Å². The molecular weight excluding hydrogens is 244 g/mol. The first kappa shape index (κ1) is 15.5. The molecule has 0 aliphatic carbocycles. The van der Waals surface area contributed by atoms with Gasteiger partial charge in [0.05, 0.1) is 0 Å². The van der Waals surface area contributed by atoms with Crippen LogP contribution in [0.25, 0.3) is 0 Å². The van der Waals surface area contributed by atoms with E-state index >= 15 is 0 Å². The minimum atomic E-state index is 0.734. The van der Waals surface area contributed by atoms with Crippen LogP contribution in [0.15, 0.2) is 24.3 Å². The van der Waals surface area contributed by atoms with Crippen molar-refractivity contribution in [2.24, 2.45) is 5.92 Å². The number of hydrogen-bond donors (Lipinski definition) is 2. The molecule has 0 aliphatic rings. The molecule has 0 saturated carbocycles. The van der Waals surface area contributed by atoms with E-state index in [0.29, 0.717) is 0 Å². The van der Waals surface area contributed by atoms with Crippen molar-refractivity contribution in [2.75, 3.05) is 26.2 Å². The highest BCUT2D eigenvalue weighted by atomic mass is 35.5. The van der Waals surface area contributed by atoms with Crippen LogP contribution in [-0.2, 0) is 6.42 Å². The average molecular weight is 269 g/mol. The van der Waals surface area contributed by atoms with Crippen molar-refractivity contribution in [2.45, 2.75) is 26.7 Å². The predicted octanol–water partition coefficient (Wildman–Crippen LogP) is 3.11. The van der Waals surface area contributed by atoms with Crippen LogP contribution in [0.3, 0.4) is 0 Å². The standard InChI is InChI=1S/C15H25ClN2/c1-13(2)12-18-10-5-9-17-11-8-14-6-3-4-7-15(14)16/h3-4,6-7,13,17-18H,5,8-12H2,1-2H3. The summed E-state index contributed by atoms with van der Waals surface area (Å²) in [5.74, 6) is 0.734. The highest BCUT2D eigenvalue weighted by Crippen LogP contribution is 2.14. The Labute approximate surface area is 116 Å². The zero-order valence-electron chi connectivity index (χ0n) is 11.5. The van der Waals surface area contributed by atoms with E-state index in [1.807, 2.05) is 18.2 Å². The van der Waals surface area contributed by atoms with E-state index in [0.717, 1.165) is 43.5 Å². The molecule has 0 aromatic heterocycles. The third kappa shape index (κ3) is 7.00. The molecule has 0 unspecified atom stereocenters. The maximum Gasteiger partial charge on any atom is 0.0438 e. The zero-order valence-corrected chi connectivity index (χ0v) is 12.3. The molecule has 102 valence electrons. The third-order valence-corrected chi connectivity index (χ3v) is 3.16. The summed E-state index contributed by atoms with van der Waals surface area (Å²) in [6, 6.07) is 8.05. The Morgan fingerprint density at radius 1 is 1.06 bits per heavy atom. The van der Waals surface area contributed by atoms with Crippen molar-refractivity contribution in [1.29, 1.82) is 0 Å². The molecule has 1 rings (SSSR count). The quantitative estimate of drug-likeness (QED) is 0.673. The molecule has 0 heterocycles. The van der Waals surface area contributed by atoms with Crippen molar-refractivity contribution in [3.05, 3.63) is 34.9 Å². The first-order valence-corrected chi connectivity index (χ1v) is 7.23. The van der Waals surface area contributed by atoms with Gasteiger partial charge in [0.25, 0.3) is 0 Å². The van der Waals surface area contributed by atoms with Crippen molar-refractivity contribution >= 4 is 11.6 Å². The fraction of sp³-hybridized carbons (Fsp3) is 0.600. The van der Waals surface area contributed by atoms with E-state index in [1.165, 1.54) is 12.0 Å². The lowest BCUT2D eigenvalue weighted by Crippen LogP contribution is -2.25. The summed E-state index contributed by atoms with van der Waals surface area (Å²) in [6.45, 7) is 8.73. The van der Waals surface area contributed by atoms with Gasteiger partial charge in [0.15, 0.2) is 0 Å². The molecule has 2 nitrogen and oxygen atoms in total. The van der Waals surface area contributed by atoms with E-state index < -0.39 is 0 Å². The fourth-order valence-corrected chi connectivity index (χ4v) is 2.01. The van der Waals surface area contributed by atoms with Gasteiger partial charge in [-0.15, -0.1) is 0 Å². The van der Waals surface area contributed by atoms with Crippen LogP contribution >= 0.6 is 11.6 Å². The van der Waals surface area contributed by atoms with Crippen LogP contribution in [0.1, 0.15) is 25.8 Å². The molecule has 0 radical (unpaired) electrons. The summed E-state index contributed by atoms with van der Waals surface area (Å²) in [4.78, 5) is 0. The van der Waals surface area contributed by atoms with E-state index in [2.05, 4.69) is 30.5 Å². The van der Waals surface area contributed by atoms with Gasteiger partial charge in [0.2, 0.25) is 0 Å². The SMILES string of the molecule is CC(C)CNCCCNCCc1ccccc1Cl. The summed E-state index contributed by atoms with van der Waals surface area (Å²) >= 11 is 6.10. The lowest BCUT2D eigenvalue weighted by Gasteiger charge is -2.08. The Morgan fingerprint density at radius 2 is 1.78 bits per heavy atom. The van der Waals surface area contributed by atoms with Crippen LogP contribution in [0, 0.1) is 5.92 Å². The van der Waals surface area contributed by atoms with Crippen molar-refractivity contribution in [1.82, 2.24) is 10.6 Å². The molecule has 0 amide bonds. The third-order valence-electron chi connectivity index (χ3n) is 2.79. The summed E-state index contributed by atoms with van der Waals surface area (Å²) < 4.78 is 0. The van der Waals surface area contributed by atoms with Gasteiger partial charge < -0.3 is 10.6 Å². The Morgan fingerprint density at radius 3 is 2.50 bits per heavy atom. The molecule has 0 atom stereocenters. The van der Waals surface area contributed by atoms with Crippen LogP contribution in [0.4, 0.5) is 0 Å². The largest absolute Gasteiger partial charge is 0.316 e. The number of nitrogens with one attached hydrogen (secondary N) is 2. The van der Waals surface area contributed by atoms with Crippen LogP contribution in [0.2, 0.25) is 5.02 Å². The molecule has 2 N–H and O–H groups in total. The molecule has 0 spiro atoms. The summed E-state index contributed by atoms with van der Waals surface area (Å²) in [5.41, 5.74) is 1.23. The molecule has 18 heavy (non-hydrogen) atoms. The molecule has 0 saturated heterocycles. The Hall–Kier alpha value is -0.570. The molecule has 0 bridgehead atoms. The molecule has 3 heteroatoms. The second-order valence-electron chi connectivity index (χ2n) is 5.04. The minimum absolute atomic E-state index is 0.734. The number of hydrogen-bond acceptors (Lipinski definition) is 2. The Bertz CT molecular complexity index is 326. The summed E-state index contributed by atoms with van der Waals surface area (Å²) in [5, 5.41) is 7.77. The Balaban J connectivity index is 1.98. The summed E-state index contributed by atoms with van der Waals surface area (Å²) in [6.07, 6.45) is 2.17.